The molecule has 0 aromatic rings. The molecule has 0 bridgehead atoms. The Morgan fingerprint density at radius 1 is 1.30 bits per heavy atom. The average Bonchev–Trinajstić information content (AvgIpc) is 1.84. The van der Waals surface area contributed by atoms with Crippen molar-refractivity contribution in [1.29, 1.82) is 0 Å². The van der Waals surface area contributed by atoms with Gasteiger partial charge in [0.15, 0.2) is 0 Å². The van der Waals surface area contributed by atoms with Crippen LogP contribution < -0.4 is 0 Å². The van der Waals surface area contributed by atoms with Crippen molar-refractivity contribution < 1.29 is 24.8 Å². The summed E-state index contributed by atoms with van der Waals surface area (Å²) in [5, 5.41) is 25.5. The Kier molecular flexibility index (Phi) is 4.50. The van der Waals surface area contributed by atoms with Crippen molar-refractivity contribution in [2.75, 3.05) is 19.8 Å². The lowest BCUT2D eigenvalue weighted by molar-refractivity contribution is -0.470. The Bertz CT molecular complexity index is 82.1. The van der Waals surface area contributed by atoms with Gasteiger partial charge < -0.3 is 24.8 Å². The number of aliphatic hydroxyl groups is 3. The van der Waals surface area contributed by atoms with Crippen molar-refractivity contribution in [3.8, 4) is 0 Å². The van der Waals surface area contributed by atoms with E-state index < -0.39 is 6.16 Å². The third-order valence-electron chi connectivity index (χ3n) is 0.714. The topological polar surface area (TPSA) is 79.2 Å². The van der Waals surface area contributed by atoms with Crippen LogP contribution >= 0.6 is 0 Å². The van der Waals surface area contributed by atoms with E-state index in [4.69, 9.17) is 15.3 Å². The van der Waals surface area contributed by atoms with Gasteiger partial charge in [0.2, 0.25) is 0 Å². The van der Waals surface area contributed by atoms with Crippen molar-refractivity contribution in [1.82, 2.24) is 0 Å². The lowest BCUT2D eigenvalue weighted by Gasteiger charge is -2.19. The molecule has 3 N–H and O–H groups in total. The van der Waals surface area contributed by atoms with E-state index in [-0.39, 0.29) is 19.8 Å². The molecule has 0 aliphatic carbocycles. The SMILES string of the molecule is CCOC(O)(O)OCCO. The molecule has 0 saturated heterocycles. The zero-order valence-electron chi connectivity index (χ0n) is 5.78. The molecule has 5 heteroatoms. The fourth-order valence-electron chi connectivity index (χ4n) is 0.408. The molecule has 5 nitrogen and oxygen atoms in total. The summed E-state index contributed by atoms with van der Waals surface area (Å²) in [6.07, 6.45) is -2.56. The first-order valence-electron chi connectivity index (χ1n) is 2.96. The highest BCUT2D eigenvalue weighted by atomic mass is 16.9. The first-order chi connectivity index (χ1) is 4.62. The molecule has 0 amide bonds. The Morgan fingerprint density at radius 2 is 1.90 bits per heavy atom. The normalized spacial score (nSPS) is 12.0. The van der Waals surface area contributed by atoms with Gasteiger partial charge in [-0.05, 0) is 6.92 Å². The molecule has 0 rings (SSSR count). The van der Waals surface area contributed by atoms with Crippen molar-refractivity contribution in [2.45, 2.75) is 13.1 Å². The maximum atomic E-state index is 8.65. The number of hydrogen-bond acceptors (Lipinski definition) is 5. The third-order valence-corrected chi connectivity index (χ3v) is 0.714. The van der Waals surface area contributed by atoms with E-state index >= 15 is 0 Å². The van der Waals surface area contributed by atoms with Gasteiger partial charge in [-0.1, -0.05) is 0 Å². The first kappa shape index (κ1) is 9.80. The molecule has 0 heterocycles. The number of aliphatic hydroxyl groups excluding tert-OH is 1. The van der Waals surface area contributed by atoms with E-state index in [0.29, 0.717) is 0 Å². The van der Waals surface area contributed by atoms with E-state index in [0.717, 1.165) is 0 Å². The summed E-state index contributed by atoms with van der Waals surface area (Å²) in [5.41, 5.74) is 0. The minimum Gasteiger partial charge on any atom is -0.394 e. The fourth-order valence-corrected chi connectivity index (χ4v) is 0.408. The molecule has 0 atom stereocenters. The summed E-state index contributed by atoms with van der Waals surface area (Å²) in [5.74, 6) is 0. The van der Waals surface area contributed by atoms with Crippen LogP contribution in [0.5, 0.6) is 0 Å². The highest BCUT2D eigenvalue weighted by molar-refractivity contribution is 4.30. The largest absolute Gasteiger partial charge is 0.407 e. The maximum absolute atomic E-state index is 8.65. The molecule has 0 unspecified atom stereocenters. The number of ether oxygens (including phenoxy) is 2. The van der Waals surface area contributed by atoms with Crippen LogP contribution in [-0.2, 0) is 9.47 Å². The van der Waals surface area contributed by atoms with Crippen LogP contribution in [0.3, 0.4) is 0 Å². The van der Waals surface area contributed by atoms with Crippen molar-refractivity contribution in [3.05, 3.63) is 0 Å². The Morgan fingerprint density at radius 3 is 2.30 bits per heavy atom. The smallest absolute Gasteiger partial charge is 0.394 e. The quantitative estimate of drug-likeness (QED) is 0.423. The van der Waals surface area contributed by atoms with Crippen molar-refractivity contribution >= 4 is 0 Å². The average molecular weight is 152 g/mol. The summed E-state index contributed by atoms with van der Waals surface area (Å²) < 4.78 is 8.57. The summed E-state index contributed by atoms with van der Waals surface area (Å²) in [7, 11) is 0. The summed E-state index contributed by atoms with van der Waals surface area (Å²) in [4.78, 5) is 0. The number of hydrogen-bond donors (Lipinski definition) is 3. The van der Waals surface area contributed by atoms with Gasteiger partial charge >= 0.3 is 6.16 Å². The maximum Gasteiger partial charge on any atom is 0.407 e. The molecular formula is C5H12O5. The molecule has 0 saturated carbocycles. The first-order valence-corrected chi connectivity index (χ1v) is 2.96. The third kappa shape index (κ3) is 4.66. The van der Waals surface area contributed by atoms with Crippen LogP contribution in [0.25, 0.3) is 0 Å². The van der Waals surface area contributed by atoms with E-state index in [2.05, 4.69) is 9.47 Å². The second-order valence-electron chi connectivity index (χ2n) is 1.55. The molecule has 62 valence electrons. The molecule has 0 fully saturated rings. The van der Waals surface area contributed by atoms with Crippen molar-refractivity contribution in [3.63, 3.8) is 0 Å². The van der Waals surface area contributed by atoms with Crippen molar-refractivity contribution in [2.24, 2.45) is 0 Å². The summed E-state index contributed by atoms with van der Waals surface area (Å²) >= 11 is 0. The second-order valence-corrected chi connectivity index (χ2v) is 1.55. The van der Waals surface area contributed by atoms with Crippen LogP contribution in [0.2, 0.25) is 0 Å². The zero-order chi connectivity index (χ0) is 8.04. The van der Waals surface area contributed by atoms with Crippen LogP contribution in [0.15, 0.2) is 0 Å². The highest BCUT2D eigenvalue weighted by Gasteiger charge is 2.23. The Hall–Kier alpha value is -0.200. The van der Waals surface area contributed by atoms with Gasteiger partial charge in [-0.25, -0.2) is 0 Å². The monoisotopic (exact) mass is 152 g/mol. The molecule has 0 aliphatic rings. The minimum atomic E-state index is -2.56. The van der Waals surface area contributed by atoms with Gasteiger partial charge in [-0.2, -0.15) is 0 Å². The van der Waals surface area contributed by atoms with Crippen LogP contribution in [0.4, 0.5) is 0 Å². The Labute approximate surface area is 58.8 Å². The van der Waals surface area contributed by atoms with Gasteiger partial charge in [0, 0.05) is 0 Å². The minimum absolute atomic E-state index is 0.123. The lowest BCUT2D eigenvalue weighted by atomic mass is 10.8. The highest BCUT2D eigenvalue weighted by Crippen LogP contribution is 2.02. The fraction of sp³-hybridized carbons (Fsp3) is 1.00. The Balaban J connectivity index is 3.42. The van der Waals surface area contributed by atoms with Gasteiger partial charge in [-0.15, -0.1) is 0 Å². The van der Waals surface area contributed by atoms with Gasteiger partial charge in [-0.3, -0.25) is 0 Å². The van der Waals surface area contributed by atoms with Gasteiger partial charge in [0.25, 0.3) is 0 Å². The van der Waals surface area contributed by atoms with Gasteiger partial charge in [0.05, 0.1) is 19.8 Å². The van der Waals surface area contributed by atoms with Crippen LogP contribution in [0, 0.1) is 0 Å². The van der Waals surface area contributed by atoms with Crippen LogP contribution in [-0.4, -0.2) is 41.3 Å². The molecule has 0 aromatic heterocycles. The van der Waals surface area contributed by atoms with Gasteiger partial charge in [0.1, 0.15) is 0 Å². The predicted molar refractivity (Wildman–Crippen MR) is 31.8 cm³/mol. The number of rotatable bonds is 5. The molecule has 0 spiro atoms. The molecule has 10 heavy (non-hydrogen) atoms. The predicted octanol–water partition coefficient (Wildman–Crippen LogP) is -1.37. The molecular weight excluding hydrogens is 140 g/mol. The molecule has 0 aromatic carbocycles. The summed E-state index contributed by atoms with van der Waals surface area (Å²) in [6.45, 7) is 1.25. The summed E-state index contributed by atoms with van der Waals surface area (Å²) in [6, 6.07) is 0. The van der Waals surface area contributed by atoms with E-state index in [1.807, 2.05) is 0 Å². The van der Waals surface area contributed by atoms with Crippen LogP contribution in [0.1, 0.15) is 6.92 Å². The second kappa shape index (κ2) is 4.59. The van der Waals surface area contributed by atoms with E-state index in [1.54, 1.807) is 6.92 Å². The molecule has 0 aliphatic heterocycles. The lowest BCUT2D eigenvalue weighted by Crippen LogP contribution is -2.36. The molecule has 0 radical (unpaired) electrons. The van der Waals surface area contributed by atoms with E-state index in [1.165, 1.54) is 0 Å². The standard InChI is InChI=1S/C5H12O5/c1-2-9-5(7,8)10-4-3-6/h6-8H,2-4H2,1H3. The zero-order valence-corrected chi connectivity index (χ0v) is 5.78. The van der Waals surface area contributed by atoms with E-state index in [9.17, 15) is 0 Å².